The van der Waals surface area contributed by atoms with Crippen LogP contribution in [-0.2, 0) is 17.1 Å². The second-order valence-electron chi connectivity index (χ2n) is 5.32. The molecule has 0 spiro atoms. The molecule has 0 aliphatic carbocycles. The van der Waals surface area contributed by atoms with Gasteiger partial charge in [-0.15, -0.1) is 0 Å². The molecule has 0 radical (unpaired) electrons. The number of aromatic nitrogens is 3. The lowest BCUT2D eigenvalue weighted by molar-refractivity contribution is 0.423. The highest BCUT2D eigenvalue weighted by Gasteiger charge is 2.25. The quantitative estimate of drug-likeness (QED) is 0.814. The fraction of sp³-hybridized carbons (Fsp3) is 0.538. The second kappa shape index (κ2) is 5.27. The third kappa shape index (κ3) is 2.49. The number of pyridine rings is 1. The fourth-order valence-electron chi connectivity index (χ4n) is 2.64. The Labute approximate surface area is 122 Å². The van der Waals surface area contributed by atoms with Crippen LogP contribution in [0.3, 0.4) is 0 Å². The van der Waals surface area contributed by atoms with Crippen molar-refractivity contribution in [3.05, 3.63) is 28.8 Å². The summed E-state index contributed by atoms with van der Waals surface area (Å²) in [5.74, 6) is 0. The fourth-order valence-corrected chi connectivity index (χ4v) is 4.16. The molecule has 0 aromatic carbocycles. The summed E-state index contributed by atoms with van der Waals surface area (Å²) < 4.78 is 29.3. The van der Waals surface area contributed by atoms with E-state index in [1.165, 1.54) is 32.7 Å². The van der Waals surface area contributed by atoms with Gasteiger partial charge in [0.2, 0.25) is 10.0 Å². The minimum atomic E-state index is -3.55. The van der Waals surface area contributed by atoms with E-state index in [0.29, 0.717) is 18.7 Å². The molecule has 3 heterocycles. The minimum absolute atomic E-state index is 0.145. The van der Waals surface area contributed by atoms with E-state index >= 15 is 0 Å². The van der Waals surface area contributed by atoms with Gasteiger partial charge in [0.25, 0.3) is 0 Å². The summed E-state index contributed by atoms with van der Waals surface area (Å²) in [6.07, 6.45) is 5.26. The minimum Gasteiger partial charge on any atom is -0.249 e. The number of hydrogen-bond donors (Lipinski definition) is 0. The highest BCUT2D eigenvalue weighted by molar-refractivity contribution is 7.89. The summed E-state index contributed by atoms with van der Waals surface area (Å²) >= 11 is 0. The summed E-state index contributed by atoms with van der Waals surface area (Å²) in [6.45, 7) is 1.09. The van der Waals surface area contributed by atoms with E-state index in [-0.39, 0.29) is 10.6 Å². The third-order valence-corrected chi connectivity index (χ3v) is 5.72. The molecular weight excluding hydrogens is 292 g/mol. The zero-order chi connectivity index (χ0) is 15.0. The first-order chi connectivity index (χ1) is 10.00. The molecule has 1 fully saturated rings. The van der Waals surface area contributed by atoms with Crippen molar-refractivity contribution in [2.24, 2.45) is 7.05 Å². The molecule has 0 amide bonds. The van der Waals surface area contributed by atoms with Gasteiger partial charge in [-0.05, 0) is 25.0 Å². The summed E-state index contributed by atoms with van der Waals surface area (Å²) in [5.41, 5.74) is 0.0928. The number of hydrogen-bond acceptors (Lipinski definition) is 4. The molecule has 7 nitrogen and oxygen atoms in total. The number of aryl methyl sites for hydroxylation is 1. The highest BCUT2D eigenvalue weighted by Crippen LogP contribution is 2.20. The van der Waals surface area contributed by atoms with Crippen LogP contribution in [0.1, 0.15) is 25.7 Å². The molecule has 2 aromatic rings. The zero-order valence-electron chi connectivity index (χ0n) is 11.9. The van der Waals surface area contributed by atoms with Gasteiger partial charge < -0.3 is 0 Å². The maximum atomic E-state index is 12.7. The lowest BCUT2D eigenvalue weighted by Gasteiger charge is -2.19. The molecule has 0 bridgehead atoms. The van der Waals surface area contributed by atoms with Crippen molar-refractivity contribution >= 4 is 15.7 Å². The maximum absolute atomic E-state index is 12.7. The average Bonchev–Trinajstić information content (AvgIpc) is 2.67. The van der Waals surface area contributed by atoms with Crippen LogP contribution in [0.4, 0.5) is 0 Å². The number of nitrogens with zero attached hydrogens (tertiary/aromatic N) is 4. The Morgan fingerprint density at radius 3 is 2.43 bits per heavy atom. The Morgan fingerprint density at radius 1 is 1.10 bits per heavy atom. The normalized spacial score (nSPS) is 18.0. The van der Waals surface area contributed by atoms with Gasteiger partial charge in [0.1, 0.15) is 0 Å². The van der Waals surface area contributed by atoms with Crippen molar-refractivity contribution in [2.75, 3.05) is 13.1 Å². The Bertz CT molecular complexity index is 814. The van der Waals surface area contributed by atoms with Crippen molar-refractivity contribution < 1.29 is 8.42 Å². The van der Waals surface area contributed by atoms with Gasteiger partial charge in [0.05, 0.1) is 4.90 Å². The van der Waals surface area contributed by atoms with Gasteiger partial charge in [-0.25, -0.2) is 22.3 Å². The molecule has 2 aromatic heterocycles. The molecule has 1 saturated heterocycles. The number of rotatable bonds is 2. The van der Waals surface area contributed by atoms with Crippen molar-refractivity contribution in [1.82, 2.24) is 18.5 Å². The Hall–Kier alpha value is -1.67. The van der Waals surface area contributed by atoms with Crippen LogP contribution >= 0.6 is 0 Å². The van der Waals surface area contributed by atoms with Crippen molar-refractivity contribution in [3.8, 4) is 0 Å². The molecule has 8 heteroatoms. The Kier molecular flexibility index (Phi) is 3.58. The summed E-state index contributed by atoms with van der Waals surface area (Å²) in [4.78, 5) is 12.0. The molecule has 1 aliphatic rings. The van der Waals surface area contributed by atoms with E-state index in [1.54, 1.807) is 6.07 Å². The van der Waals surface area contributed by atoms with Gasteiger partial charge in [-0.1, -0.05) is 12.8 Å². The van der Waals surface area contributed by atoms with Crippen molar-refractivity contribution in [2.45, 2.75) is 30.6 Å². The van der Waals surface area contributed by atoms with Crippen molar-refractivity contribution in [3.63, 3.8) is 0 Å². The molecule has 0 unspecified atom stereocenters. The molecule has 0 N–H and O–H groups in total. The lowest BCUT2D eigenvalue weighted by Crippen LogP contribution is -2.32. The van der Waals surface area contributed by atoms with Crippen molar-refractivity contribution in [1.29, 1.82) is 0 Å². The van der Waals surface area contributed by atoms with Crippen LogP contribution in [0.5, 0.6) is 0 Å². The maximum Gasteiger partial charge on any atom is 0.350 e. The smallest absolute Gasteiger partial charge is 0.249 e. The summed E-state index contributed by atoms with van der Waals surface area (Å²) in [6, 6.07) is 3.08. The van der Waals surface area contributed by atoms with Gasteiger partial charge in [0.15, 0.2) is 5.65 Å². The van der Waals surface area contributed by atoms with Crippen LogP contribution in [-0.4, -0.2) is 40.0 Å². The number of fused-ring (bicyclic) bond motifs is 1. The SMILES string of the molecule is Cn1nc2ccc(S(=O)(=O)N3CCCCCC3)cn2c1=O. The first-order valence-corrected chi connectivity index (χ1v) is 8.50. The predicted molar refractivity (Wildman–Crippen MR) is 77.7 cm³/mol. The van der Waals surface area contributed by atoms with Gasteiger partial charge >= 0.3 is 5.69 Å². The van der Waals surface area contributed by atoms with E-state index in [2.05, 4.69) is 5.10 Å². The highest BCUT2D eigenvalue weighted by atomic mass is 32.2. The van der Waals surface area contributed by atoms with E-state index in [1.807, 2.05) is 0 Å². The van der Waals surface area contributed by atoms with E-state index < -0.39 is 10.0 Å². The van der Waals surface area contributed by atoms with Crippen LogP contribution in [0, 0.1) is 0 Å². The molecular formula is C13H18N4O3S. The molecule has 114 valence electrons. The van der Waals surface area contributed by atoms with E-state index in [0.717, 1.165) is 25.7 Å². The first-order valence-electron chi connectivity index (χ1n) is 7.06. The monoisotopic (exact) mass is 310 g/mol. The predicted octanol–water partition coefficient (Wildman–Crippen LogP) is 0.598. The van der Waals surface area contributed by atoms with Crippen LogP contribution in [0.25, 0.3) is 5.65 Å². The summed E-state index contributed by atoms with van der Waals surface area (Å²) in [5, 5.41) is 4.02. The van der Waals surface area contributed by atoms with Gasteiger partial charge in [0, 0.05) is 26.3 Å². The molecule has 0 saturated carbocycles. The third-order valence-electron chi connectivity index (χ3n) is 3.84. The van der Waals surface area contributed by atoms with Gasteiger partial charge in [-0.2, -0.15) is 9.40 Å². The largest absolute Gasteiger partial charge is 0.350 e. The topological polar surface area (TPSA) is 76.7 Å². The van der Waals surface area contributed by atoms with Crippen LogP contribution in [0.2, 0.25) is 0 Å². The standard InChI is InChI=1S/C13H18N4O3S/c1-15-13(18)17-10-11(6-7-12(17)14-15)21(19,20)16-8-4-2-3-5-9-16/h6-7,10H,2-5,8-9H2,1H3. The van der Waals surface area contributed by atoms with Crippen LogP contribution < -0.4 is 5.69 Å². The molecule has 0 atom stereocenters. The Balaban J connectivity index is 2.05. The summed E-state index contributed by atoms with van der Waals surface area (Å²) in [7, 11) is -2.01. The van der Waals surface area contributed by atoms with E-state index in [9.17, 15) is 13.2 Å². The first kappa shape index (κ1) is 14.3. The number of sulfonamides is 1. The Morgan fingerprint density at radius 2 is 1.76 bits per heavy atom. The van der Waals surface area contributed by atoms with Gasteiger partial charge in [-0.3, -0.25) is 0 Å². The molecule has 21 heavy (non-hydrogen) atoms. The lowest BCUT2D eigenvalue weighted by atomic mass is 10.2. The van der Waals surface area contributed by atoms with E-state index in [4.69, 9.17) is 0 Å². The second-order valence-corrected chi connectivity index (χ2v) is 7.26. The zero-order valence-corrected chi connectivity index (χ0v) is 12.7. The molecule has 3 rings (SSSR count). The molecule has 1 aliphatic heterocycles. The van der Waals surface area contributed by atoms with Crippen LogP contribution in [0.15, 0.2) is 28.0 Å². The average molecular weight is 310 g/mol.